The zero-order valence-electron chi connectivity index (χ0n) is 10.9. The van der Waals surface area contributed by atoms with Crippen LogP contribution in [0.1, 0.15) is 25.7 Å². The lowest BCUT2D eigenvalue weighted by atomic mass is 10.2. The quantitative estimate of drug-likeness (QED) is 0.776. The third-order valence-electron chi connectivity index (χ3n) is 3.09. The lowest BCUT2D eigenvalue weighted by Crippen LogP contribution is -2.33. The molecule has 1 aliphatic heterocycles. The standard InChI is InChI=1S/C11H19N5O2S/c17-8-7-16-11(12-13-14-16)19-9-10(18)15-5-3-1-2-4-6-15/h17H,1-9H2. The first-order valence-corrected chi connectivity index (χ1v) is 7.57. The fraction of sp³-hybridized carbons (Fsp3) is 0.818. The van der Waals surface area contributed by atoms with Crippen LogP contribution in [0.2, 0.25) is 0 Å². The fourth-order valence-electron chi connectivity index (χ4n) is 2.07. The summed E-state index contributed by atoms with van der Waals surface area (Å²) in [5, 5.41) is 20.6. The highest BCUT2D eigenvalue weighted by Gasteiger charge is 2.17. The number of thioether (sulfide) groups is 1. The molecule has 1 aliphatic rings. The van der Waals surface area contributed by atoms with Gasteiger partial charge >= 0.3 is 0 Å². The van der Waals surface area contributed by atoms with Gasteiger partial charge in [-0.2, -0.15) is 0 Å². The highest BCUT2D eigenvalue weighted by molar-refractivity contribution is 7.99. The molecule has 0 atom stereocenters. The molecule has 1 aromatic heterocycles. The molecule has 19 heavy (non-hydrogen) atoms. The predicted octanol–water partition coefficient (Wildman–Crippen LogP) is 0.160. The van der Waals surface area contributed by atoms with Crippen molar-refractivity contribution in [2.45, 2.75) is 37.4 Å². The van der Waals surface area contributed by atoms with E-state index in [0.717, 1.165) is 25.9 Å². The van der Waals surface area contributed by atoms with Crippen molar-refractivity contribution in [3.05, 3.63) is 0 Å². The van der Waals surface area contributed by atoms with Crippen LogP contribution in [-0.4, -0.2) is 61.6 Å². The Morgan fingerprint density at radius 3 is 2.68 bits per heavy atom. The number of rotatable bonds is 5. The Bertz CT molecular complexity index is 404. The van der Waals surface area contributed by atoms with Crippen molar-refractivity contribution >= 4 is 17.7 Å². The monoisotopic (exact) mass is 285 g/mol. The van der Waals surface area contributed by atoms with Gasteiger partial charge in [0.05, 0.1) is 18.9 Å². The summed E-state index contributed by atoms with van der Waals surface area (Å²) in [4.78, 5) is 14.0. The second-order valence-electron chi connectivity index (χ2n) is 4.49. The third-order valence-corrected chi connectivity index (χ3v) is 4.04. The summed E-state index contributed by atoms with van der Waals surface area (Å²) < 4.78 is 1.51. The van der Waals surface area contributed by atoms with E-state index in [1.54, 1.807) is 0 Å². The van der Waals surface area contributed by atoms with Crippen molar-refractivity contribution in [1.29, 1.82) is 0 Å². The molecule has 0 bridgehead atoms. The molecule has 1 N–H and O–H groups in total. The zero-order valence-corrected chi connectivity index (χ0v) is 11.7. The van der Waals surface area contributed by atoms with E-state index >= 15 is 0 Å². The smallest absolute Gasteiger partial charge is 0.233 e. The second kappa shape index (κ2) is 7.44. The first kappa shape index (κ1) is 14.3. The average molecular weight is 285 g/mol. The number of aliphatic hydroxyl groups is 1. The Balaban J connectivity index is 1.83. The molecular formula is C11H19N5O2S. The van der Waals surface area contributed by atoms with Gasteiger partial charge in [-0.15, -0.1) is 5.10 Å². The molecule has 2 heterocycles. The number of carbonyl (C=O) groups excluding carboxylic acids is 1. The van der Waals surface area contributed by atoms with Gasteiger partial charge in [0.25, 0.3) is 0 Å². The van der Waals surface area contributed by atoms with E-state index in [1.165, 1.54) is 29.3 Å². The Labute approximate surface area is 116 Å². The van der Waals surface area contributed by atoms with E-state index < -0.39 is 0 Å². The minimum Gasteiger partial charge on any atom is -0.394 e. The third kappa shape index (κ3) is 4.17. The molecule has 2 rings (SSSR count). The lowest BCUT2D eigenvalue weighted by molar-refractivity contribution is -0.128. The van der Waals surface area contributed by atoms with Crippen LogP contribution in [0.3, 0.4) is 0 Å². The molecule has 0 saturated carbocycles. The second-order valence-corrected chi connectivity index (χ2v) is 5.43. The molecule has 106 valence electrons. The van der Waals surface area contributed by atoms with Gasteiger partial charge in [-0.25, -0.2) is 4.68 Å². The minimum atomic E-state index is -0.0152. The molecule has 1 aromatic rings. The number of nitrogens with zero attached hydrogens (tertiary/aromatic N) is 5. The Hall–Kier alpha value is -1.15. The maximum Gasteiger partial charge on any atom is 0.233 e. The topological polar surface area (TPSA) is 84.1 Å². The van der Waals surface area contributed by atoms with Gasteiger partial charge in [0.2, 0.25) is 11.1 Å². The SMILES string of the molecule is O=C(CSc1nnnn1CCO)N1CCCCCC1. The molecule has 1 saturated heterocycles. The number of tetrazole rings is 1. The summed E-state index contributed by atoms with van der Waals surface area (Å²) in [6, 6.07) is 0. The van der Waals surface area contributed by atoms with E-state index in [2.05, 4.69) is 15.5 Å². The molecule has 0 radical (unpaired) electrons. The first-order valence-electron chi connectivity index (χ1n) is 6.59. The lowest BCUT2D eigenvalue weighted by Gasteiger charge is -2.19. The van der Waals surface area contributed by atoms with Crippen LogP contribution in [0.4, 0.5) is 0 Å². The van der Waals surface area contributed by atoms with Gasteiger partial charge in [-0.1, -0.05) is 24.6 Å². The van der Waals surface area contributed by atoms with Crippen LogP contribution in [0, 0.1) is 0 Å². The highest BCUT2D eigenvalue weighted by atomic mass is 32.2. The summed E-state index contributed by atoms with van der Waals surface area (Å²) in [7, 11) is 0. The Morgan fingerprint density at radius 1 is 1.26 bits per heavy atom. The van der Waals surface area contributed by atoms with Crippen LogP contribution in [0.5, 0.6) is 0 Å². The van der Waals surface area contributed by atoms with Crippen LogP contribution in [0.15, 0.2) is 5.16 Å². The van der Waals surface area contributed by atoms with Gasteiger partial charge in [-0.05, 0) is 23.3 Å². The molecule has 0 aliphatic carbocycles. The van der Waals surface area contributed by atoms with Crippen molar-refractivity contribution in [3.8, 4) is 0 Å². The highest BCUT2D eigenvalue weighted by Crippen LogP contribution is 2.16. The van der Waals surface area contributed by atoms with Crippen molar-refractivity contribution < 1.29 is 9.90 Å². The summed E-state index contributed by atoms with van der Waals surface area (Å²) in [6.45, 7) is 2.06. The first-order chi connectivity index (χ1) is 9.31. The summed E-state index contributed by atoms with van der Waals surface area (Å²) in [5.74, 6) is 0.497. The van der Waals surface area contributed by atoms with Gasteiger partial charge in [0.15, 0.2) is 0 Å². The molecule has 8 heteroatoms. The average Bonchev–Trinajstić information content (AvgIpc) is 2.68. The maximum atomic E-state index is 12.1. The molecule has 7 nitrogen and oxygen atoms in total. The van der Waals surface area contributed by atoms with Crippen molar-refractivity contribution in [2.24, 2.45) is 0 Å². The number of aliphatic hydroxyl groups excluding tert-OH is 1. The van der Waals surface area contributed by atoms with Crippen LogP contribution < -0.4 is 0 Å². The summed E-state index contributed by atoms with van der Waals surface area (Å²) in [6.07, 6.45) is 4.62. The van der Waals surface area contributed by atoms with Crippen LogP contribution >= 0.6 is 11.8 Å². The minimum absolute atomic E-state index is 0.0152. The van der Waals surface area contributed by atoms with Gasteiger partial charge in [0, 0.05) is 13.1 Å². The van der Waals surface area contributed by atoms with Crippen LogP contribution in [-0.2, 0) is 11.3 Å². The number of amides is 1. The molecular weight excluding hydrogens is 266 g/mol. The van der Waals surface area contributed by atoms with E-state index in [0.29, 0.717) is 17.5 Å². The zero-order chi connectivity index (χ0) is 13.5. The predicted molar refractivity (Wildman–Crippen MR) is 70.7 cm³/mol. The number of hydrogen-bond donors (Lipinski definition) is 1. The van der Waals surface area contributed by atoms with Gasteiger partial charge in [-0.3, -0.25) is 4.79 Å². The molecule has 0 aromatic carbocycles. The van der Waals surface area contributed by atoms with Crippen LogP contribution in [0.25, 0.3) is 0 Å². The largest absolute Gasteiger partial charge is 0.394 e. The molecule has 0 unspecified atom stereocenters. The number of hydrogen-bond acceptors (Lipinski definition) is 6. The van der Waals surface area contributed by atoms with Crippen molar-refractivity contribution in [3.63, 3.8) is 0 Å². The van der Waals surface area contributed by atoms with Gasteiger partial charge in [0.1, 0.15) is 0 Å². The van der Waals surface area contributed by atoms with Crippen molar-refractivity contribution in [2.75, 3.05) is 25.4 Å². The number of carbonyl (C=O) groups is 1. The molecule has 0 spiro atoms. The number of aromatic nitrogens is 4. The summed E-state index contributed by atoms with van der Waals surface area (Å²) in [5.41, 5.74) is 0. The van der Waals surface area contributed by atoms with E-state index in [9.17, 15) is 4.79 Å². The van der Waals surface area contributed by atoms with Gasteiger partial charge < -0.3 is 10.0 Å². The summed E-state index contributed by atoms with van der Waals surface area (Å²) >= 11 is 1.33. The Morgan fingerprint density at radius 2 is 2.00 bits per heavy atom. The molecule has 1 fully saturated rings. The fourth-order valence-corrected chi connectivity index (χ4v) is 2.88. The van der Waals surface area contributed by atoms with E-state index in [4.69, 9.17) is 5.11 Å². The maximum absolute atomic E-state index is 12.1. The molecule has 1 amide bonds. The normalized spacial score (nSPS) is 16.4. The Kier molecular flexibility index (Phi) is 5.59. The van der Waals surface area contributed by atoms with E-state index in [1.807, 2.05) is 4.90 Å². The van der Waals surface area contributed by atoms with E-state index in [-0.39, 0.29) is 12.5 Å². The van der Waals surface area contributed by atoms with Crippen molar-refractivity contribution in [1.82, 2.24) is 25.1 Å². The number of likely N-dealkylation sites (tertiary alicyclic amines) is 1.